The number of aliphatic hydroxyl groups is 1. The summed E-state index contributed by atoms with van der Waals surface area (Å²) in [5.74, 6) is 0.505. The van der Waals surface area contributed by atoms with E-state index in [0.29, 0.717) is 50.8 Å². The maximum Gasteiger partial charge on any atom is 0.308 e. The molecule has 0 bridgehead atoms. The smallest absolute Gasteiger partial charge is 0.308 e. The summed E-state index contributed by atoms with van der Waals surface area (Å²) in [6.45, 7) is 14.3. The molecule has 0 radical (unpaired) electrons. The van der Waals surface area contributed by atoms with E-state index in [0.717, 1.165) is 38.8 Å². The highest BCUT2D eigenvalue weighted by molar-refractivity contribution is 5.69. The minimum absolute atomic E-state index is 0.177. The highest BCUT2D eigenvalue weighted by Gasteiger charge is 2.23. The first kappa shape index (κ1) is 60.8. The van der Waals surface area contributed by atoms with Gasteiger partial charge in [0.1, 0.15) is 0 Å². The molecule has 0 saturated heterocycles. The van der Waals surface area contributed by atoms with Crippen molar-refractivity contribution in [2.75, 3.05) is 72.9 Å². The standard InChI is InChI=1S/C55H108N2O7/c1-6-10-14-18-22-26-32-50(33-27-23-19-15-11-7-2)47-63-54(59)38-44-61-49-53(46-56(5)40-41-57(42-43-58)52-36-30-31-37-52)62-45-39-55(60)64-48-51(34-28-24-20-16-12-8-3)35-29-25-21-17-13-9-4/h50-53,58H,6-49H2,1-5H3. The van der Waals surface area contributed by atoms with Gasteiger partial charge in [0.2, 0.25) is 0 Å². The third kappa shape index (κ3) is 36.8. The lowest BCUT2D eigenvalue weighted by Crippen LogP contribution is -2.43. The lowest BCUT2D eigenvalue weighted by molar-refractivity contribution is -0.149. The van der Waals surface area contributed by atoms with Crippen molar-refractivity contribution in [2.45, 2.75) is 258 Å². The van der Waals surface area contributed by atoms with Crippen LogP contribution in [0.3, 0.4) is 0 Å². The van der Waals surface area contributed by atoms with E-state index in [4.69, 9.17) is 18.9 Å². The minimum atomic E-state index is -0.251. The lowest BCUT2D eigenvalue weighted by Gasteiger charge is -2.31. The summed E-state index contributed by atoms with van der Waals surface area (Å²) in [7, 11) is 2.11. The van der Waals surface area contributed by atoms with Gasteiger partial charge in [-0.25, -0.2) is 0 Å². The molecule has 0 aromatic rings. The Labute approximate surface area is 397 Å². The molecular formula is C55H108N2O7. The number of hydrogen-bond donors (Lipinski definition) is 1. The zero-order chi connectivity index (χ0) is 46.6. The van der Waals surface area contributed by atoms with Crippen molar-refractivity contribution in [1.29, 1.82) is 0 Å². The maximum atomic E-state index is 13.1. The second-order valence-corrected chi connectivity index (χ2v) is 19.9. The van der Waals surface area contributed by atoms with E-state index in [1.165, 1.54) is 180 Å². The molecule has 0 spiro atoms. The predicted octanol–water partition coefficient (Wildman–Crippen LogP) is 13.7. The highest BCUT2D eigenvalue weighted by atomic mass is 16.6. The van der Waals surface area contributed by atoms with Crippen molar-refractivity contribution < 1.29 is 33.6 Å². The largest absolute Gasteiger partial charge is 0.465 e. The molecule has 9 nitrogen and oxygen atoms in total. The maximum absolute atomic E-state index is 13.1. The van der Waals surface area contributed by atoms with Crippen LogP contribution in [0.1, 0.15) is 246 Å². The average molecular weight is 909 g/mol. The summed E-state index contributed by atoms with van der Waals surface area (Å²) >= 11 is 0. The van der Waals surface area contributed by atoms with Crippen molar-refractivity contribution >= 4 is 11.9 Å². The van der Waals surface area contributed by atoms with Crippen LogP contribution >= 0.6 is 0 Å². The Hall–Kier alpha value is -1.26. The third-order valence-corrected chi connectivity index (χ3v) is 13.8. The van der Waals surface area contributed by atoms with Gasteiger partial charge in [-0.15, -0.1) is 0 Å². The zero-order valence-electron chi connectivity index (χ0n) is 43.2. The molecule has 1 N–H and O–H groups in total. The van der Waals surface area contributed by atoms with Crippen LogP contribution in [-0.2, 0) is 28.5 Å². The van der Waals surface area contributed by atoms with Gasteiger partial charge in [0.05, 0.1) is 58.6 Å². The minimum Gasteiger partial charge on any atom is -0.465 e. The quantitative estimate of drug-likeness (QED) is 0.0473. The van der Waals surface area contributed by atoms with E-state index >= 15 is 0 Å². The van der Waals surface area contributed by atoms with E-state index in [1.54, 1.807) is 0 Å². The van der Waals surface area contributed by atoms with Crippen molar-refractivity contribution in [2.24, 2.45) is 11.8 Å². The molecule has 1 aliphatic rings. The Kier molecular flexibility index (Phi) is 43.2. The molecule has 0 heterocycles. The molecule has 0 amide bonds. The van der Waals surface area contributed by atoms with Gasteiger partial charge in [-0.3, -0.25) is 14.5 Å². The van der Waals surface area contributed by atoms with E-state index in [9.17, 15) is 14.7 Å². The number of nitrogens with zero attached hydrogens (tertiary/aromatic N) is 2. The summed E-state index contributed by atoms with van der Waals surface area (Å²) in [6.07, 6.45) is 40.6. The monoisotopic (exact) mass is 909 g/mol. The van der Waals surface area contributed by atoms with E-state index in [-0.39, 0.29) is 50.7 Å². The van der Waals surface area contributed by atoms with Crippen LogP contribution in [0.15, 0.2) is 0 Å². The highest BCUT2D eigenvalue weighted by Crippen LogP contribution is 2.24. The molecule has 0 aliphatic heterocycles. The van der Waals surface area contributed by atoms with Crippen LogP contribution in [0.4, 0.5) is 0 Å². The molecule has 0 aromatic carbocycles. The number of aliphatic hydroxyl groups excluding tert-OH is 1. The third-order valence-electron chi connectivity index (χ3n) is 13.8. The number of likely N-dealkylation sites (N-methyl/N-ethyl adjacent to an activating group) is 1. The summed E-state index contributed by atoms with van der Waals surface area (Å²) in [6, 6.07) is 0.555. The van der Waals surface area contributed by atoms with Crippen LogP contribution in [0.5, 0.6) is 0 Å². The molecule has 1 saturated carbocycles. The van der Waals surface area contributed by atoms with Gasteiger partial charge in [-0.1, -0.05) is 195 Å². The average Bonchev–Trinajstić information content (AvgIpc) is 3.84. The van der Waals surface area contributed by atoms with Crippen LogP contribution in [0.2, 0.25) is 0 Å². The van der Waals surface area contributed by atoms with Crippen LogP contribution in [0.25, 0.3) is 0 Å². The molecule has 380 valence electrons. The Morgan fingerprint density at radius 1 is 0.531 bits per heavy atom. The number of esters is 2. The van der Waals surface area contributed by atoms with Crippen molar-refractivity contribution in [1.82, 2.24) is 9.80 Å². The van der Waals surface area contributed by atoms with Gasteiger partial charge in [0.15, 0.2) is 0 Å². The summed E-state index contributed by atoms with van der Waals surface area (Å²) in [4.78, 5) is 30.7. The zero-order valence-corrected chi connectivity index (χ0v) is 43.2. The van der Waals surface area contributed by atoms with E-state index in [2.05, 4.69) is 44.5 Å². The Balaban J connectivity index is 2.70. The van der Waals surface area contributed by atoms with Crippen LogP contribution in [0, 0.1) is 11.8 Å². The van der Waals surface area contributed by atoms with Gasteiger partial charge < -0.3 is 29.0 Å². The molecule has 1 aliphatic carbocycles. The second-order valence-electron chi connectivity index (χ2n) is 19.9. The van der Waals surface area contributed by atoms with Gasteiger partial charge >= 0.3 is 11.9 Å². The lowest BCUT2D eigenvalue weighted by atomic mass is 9.95. The molecule has 9 heteroatoms. The number of ether oxygens (including phenoxy) is 4. The number of rotatable bonds is 49. The first-order chi connectivity index (χ1) is 31.4. The number of hydrogen-bond acceptors (Lipinski definition) is 9. The van der Waals surface area contributed by atoms with Gasteiger partial charge in [-0.2, -0.15) is 0 Å². The molecule has 1 fully saturated rings. The first-order valence-electron chi connectivity index (χ1n) is 27.9. The molecule has 1 atom stereocenters. The van der Waals surface area contributed by atoms with Crippen LogP contribution in [-0.4, -0.2) is 112 Å². The predicted molar refractivity (Wildman–Crippen MR) is 269 cm³/mol. The van der Waals surface area contributed by atoms with Crippen molar-refractivity contribution in [3.05, 3.63) is 0 Å². The van der Waals surface area contributed by atoms with Crippen LogP contribution < -0.4 is 0 Å². The molecule has 0 aromatic heterocycles. The van der Waals surface area contributed by atoms with E-state index < -0.39 is 0 Å². The number of unbranched alkanes of at least 4 members (excludes halogenated alkanes) is 20. The number of carbonyl (C=O) groups excluding carboxylic acids is 2. The molecule has 1 rings (SSSR count). The second kappa shape index (κ2) is 45.5. The molecule has 64 heavy (non-hydrogen) atoms. The first-order valence-corrected chi connectivity index (χ1v) is 27.9. The van der Waals surface area contributed by atoms with Crippen molar-refractivity contribution in [3.63, 3.8) is 0 Å². The fourth-order valence-corrected chi connectivity index (χ4v) is 9.49. The van der Waals surface area contributed by atoms with Crippen molar-refractivity contribution in [3.8, 4) is 0 Å². The Morgan fingerprint density at radius 2 is 0.938 bits per heavy atom. The SMILES string of the molecule is CCCCCCCCC(CCCCCCCC)COC(=O)CCOCC(CN(C)CCN(CCO)C1CCCC1)OCCC(=O)OCC(CCCCCCCC)CCCCCCCC. The van der Waals surface area contributed by atoms with E-state index in [1.807, 2.05) is 0 Å². The molecule has 1 unspecified atom stereocenters. The topological polar surface area (TPSA) is 97.8 Å². The van der Waals surface area contributed by atoms with Gasteiger partial charge in [-0.05, 0) is 57.4 Å². The normalized spacial score (nSPS) is 13.9. The Bertz CT molecular complexity index is 979. The number of carbonyl (C=O) groups is 2. The summed E-state index contributed by atoms with van der Waals surface area (Å²) in [5.41, 5.74) is 0. The van der Waals surface area contributed by atoms with Gasteiger partial charge in [0.25, 0.3) is 0 Å². The fraction of sp³-hybridized carbons (Fsp3) is 0.964. The Morgan fingerprint density at radius 3 is 1.36 bits per heavy atom. The summed E-state index contributed by atoms with van der Waals surface area (Å²) in [5, 5.41) is 9.76. The molecular weight excluding hydrogens is 801 g/mol. The van der Waals surface area contributed by atoms with Gasteiger partial charge in [0, 0.05) is 32.2 Å². The summed E-state index contributed by atoms with van der Waals surface area (Å²) < 4.78 is 24.2. The fourth-order valence-electron chi connectivity index (χ4n) is 9.49.